The van der Waals surface area contributed by atoms with Crippen LogP contribution in [0.1, 0.15) is 49.5 Å². The number of aliphatic hydroxyl groups is 1. The fourth-order valence-electron chi connectivity index (χ4n) is 3.15. The Morgan fingerprint density at radius 3 is 2.59 bits per heavy atom. The summed E-state index contributed by atoms with van der Waals surface area (Å²) < 4.78 is 2.34. The van der Waals surface area contributed by atoms with E-state index in [1.54, 1.807) is 11.8 Å². The van der Waals surface area contributed by atoms with Crippen molar-refractivity contribution in [1.29, 1.82) is 0 Å². The lowest BCUT2D eigenvalue weighted by atomic mass is 9.95. The topological polar surface area (TPSA) is 50.9 Å². The number of rotatable bonds is 6. The lowest BCUT2D eigenvalue weighted by molar-refractivity contribution is 0.320. The van der Waals surface area contributed by atoms with Crippen LogP contribution in [0.5, 0.6) is 0 Å². The Bertz CT molecular complexity index is 579. The summed E-state index contributed by atoms with van der Waals surface area (Å²) in [6, 6.07) is 11.0. The number of nitrogens with zero attached hydrogens (tertiary/aromatic N) is 3. The quantitative estimate of drug-likeness (QED) is 0.829. The van der Waals surface area contributed by atoms with Crippen LogP contribution in [0.3, 0.4) is 0 Å². The third kappa shape index (κ3) is 3.70. The highest BCUT2D eigenvalue weighted by atomic mass is 32.2. The van der Waals surface area contributed by atoms with Crippen molar-refractivity contribution in [2.24, 2.45) is 0 Å². The van der Waals surface area contributed by atoms with E-state index in [0.29, 0.717) is 11.8 Å². The van der Waals surface area contributed by atoms with Gasteiger partial charge in [-0.05, 0) is 18.4 Å². The normalized spacial score (nSPS) is 16.0. The highest BCUT2D eigenvalue weighted by Gasteiger charge is 2.22. The number of aromatic nitrogens is 3. The standard InChI is InChI=1S/C17H23N3OS/c21-11-12-22-17-19-18-16(13-14-7-3-1-4-8-14)20(17)15-9-5-2-6-10-15/h1,3-4,7-8,15,21H,2,5-6,9-13H2. The molecule has 0 aliphatic heterocycles. The molecule has 0 bridgehead atoms. The van der Waals surface area contributed by atoms with Crippen LogP contribution in [-0.2, 0) is 6.42 Å². The van der Waals surface area contributed by atoms with Crippen LogP contribution in [0, 0.1) is 0 Å². The van der Waals surface area contributed by atoms with Crippen molar-refractivity contribution < 1.29 is 5.11 Å². The molecule has 118 valence electrons. The molecule has 1 fully saturated rings. The van der Waals surface area contributed by atoms with E-state index < -0.39 is 0 Å². The summed E-state index contributed by atoms with van der Waals surface area (Å²) in [7, 11) is 0. The average Bonchev–Trinajstić information content (AvgIpc) is 2.97. The van der Waals surface area contributed by atoms with E-state index in [9.17, 15) is 0 Å². The van der Waals surface area contributed by atoms with Crippen molar-refractivity contribution in [3.63, 3.8) is 0 Å². The molecule has 1 aliphatic carbocycles. The van der Waals surface area contributed by atoms with E-state index in [2.05, 4.69) is 39.0 Å². The Kier molecular flexibility index (Phi) is 5.51. The smallest absolute Gasteiger partial charge is 0.191 e. The minimum absolute atomic E-state index is 0.177. The van der Waals surface area contributed by atoms with Gasteiger partial charge in [0.1, 0.15) is 5.82 Å². The van der Waals surface area contributed by atoms with Gasteiger partial charge in [-0.15, -0.1) is 10.2 Å². The summed E-state index contributed by atoms with van der Waals surface area (Å²) in [4.78, 5) is 0. The third-order valence-corrected chi connectivity index (χ3v) is 5.13. The molecule has 22 heavy (non-hydrogen) atoms. The molecule has 1 aromatic carbocycles. The highest BCUT2D eigenvalue weighted by molar-refractivity contribution is 7.99. The van der Waals surface area contributed by atoms with Crippen molar-refractivity contribution >= 4 is 11.8 Å². The Balaban J connectivity index is 1.86. The van der Waals surface area contributed by atoms with Gasteiger partial charge in [0.25, 0.3) is 0 Å². The zero-order valence-electron chi connectivity index (χ0n) is 12.8. The van der Waals surface area contributed by atoms with Gasteiger partial charge < -0.3 is 9.67 Å². The molecular weight excluding hydrogens is 294 g/mol. The summed E-state index contributed by atoms with van der Waals surface area (Å²) in [6.45, 7) is 0.177. The van der Waals surface area contributed by atoms with Crippen molar-refractivity contribution in [3.8, 4) is 0 Å². The average molecular weight is 317 g/mol. The second-order valence-electron chi connectivity index (χ2n) is 5.80. The predicted molar refractivity (Wildman–Crippen MR) is 89.2 cm³/mol. The molecular formula is C17H23N3OS. The Morgan fingerprint density at radius 2 is 1.86 bits per heavy atom. The van der Waals surface area contributed by atoms with Crippen LogP contribution in [0.15, 0.2) is 35.5 Å². The molecule has 0 unspecified atom stereocenters. The molecule has 0 spiro atoms. The number of hydrogen-bond acceptors (Lipinski definition) is 4. The summed E-state index contributed by atoms with van der Waals surface area (Å²) in [5, 5.41) is 18.9. The Morgan fingerprint density at radius 1 is 1.09 bits per heavy atom. The van der Waals surface area contributed by atoms with Crippen LogP contribution in [0.4, 0.5) is 0 Å². The summed E-state index contributed by atoms with van der Waals surface area (Å²) >= 11 is 1.61. The first-order chi connectivity index (χ1) is 10.9. The molecule has 1 heterocycles. The number of aliphatic hydroxyl groups excluding tert-OH is 1. The van der Waals surface area contributed by atoms with E-state index in [0.717, 1.165) is 17.4 Å². The monoisotopic (exact) mass is 317 g/mol. The second-order valence-corrected chi connectivity index (χ2v) is 6.86. The maximum atomic E-state index is 9.09. The van der Waals surface area contributed by atoms with E-state index in [4.69, 9.17) is 5.11 Å². The largest absolute Gasteiger partial charge is 0.396 e. The molecule has 1 aliphatic rings. The zero-order valence-corrected chi connectivity index (χ0v) is 13.6. The van der Waals surface area contributed by atoms with Crippen LogP contribution in [0.25, 0.3) is 0 Å². The molecule has 0 amide bonds. The highest BCUT2D eigenvalue weighted by Crippen LogP contribution is 2.33. The summed E-state index contributed by atoms with van der Waals surface area (Å²) in [5.74, 6) is 1.73. The zero-order chi connectivity index (χ0) is 15.2. The molecule has 1 saturated carbocycles. The fraction of sp³-hybridized carbons (Fsp3) is 0.529. The molecule has 5 heteroatoms. The van der Waals surface area contributed by atoms with E-state index in [1.165, 1.54) is 37.7 Å². The molecule has 0 atom stereocenters. The van der Waals surface area contributed by atoms with Gasteiger partial charge >= 0.3 is 0 Å². The summed E-state index contributed by atoms with van der Waals surface area (Å²) in [6.07, 6.45) is 7.17. The van der Waals surface area contributed by atoms with Crippen LogP contribution >= 0.6 is 11.8 Å². The molecule has 4 nitrogen and oxygen atoms in total. The van der Waals surface area contributed by atoms with Gasteiger partial charge in [0.05, 0.1) is 6.61 Å². The maximum Gasteiger partial charge on any atom is 0.191 e. The molecule has 3 rings (SSSR count). The first-order valence-electron chi connectivity index (χ1n) is 8.10. The third-order valence-electron chi connectivity index (χ3n) is 4.20. The number of hydrogen-bond donors (Lipinski definition) is 1. The molecule has 0 radical (unpaired) electrons. The van der Waals surface area contributed by atoms with Gasteiger partial charge in [-0.2, -0.15) is 0 Å². The molecule has 2 aromatic rings. The van der Waals surface area contributed by atoms with Gasteiger partial charge in [-0.1, -0.05) is 61.4 Å². The molecule has 1 N–H and O–H groups in total. The summed E-state index contributed by atoms with van der Waals surface area (Å²) in [5.41, 5.74) is 1.27. The number of thioether (sulfide) groups is 1. The van der Waals surface area contributed by atoms with Gasteiger partial charge in [0.2, 0.25) is 0 Å². The van der Waals surface area contributed by atoms with Gasteiger partial charge in [0, 0.05) is 18.2 Å². The van der Waals surface area contributed by atoms with Crippen molar-refractivity contribution in [2.75, 3.05) is 12.4 Å². The van der Waals surface area contributed by atoms with Gasteiger partial charge in [-0.25, -0.2) is 0 Å². The van der Waals surface area contributed by atoms with Crippen molar-refractivity contribution in [2.45, 2.75) is 49.7 Å². The Labute approximate surface area is 136 Å². The van der Waals surface area contributed by atoms with Crippen molar-refractivity contribution in [1.82, 2.24) is 14.8 Å². The minimum Gasteiger partial charge on any atom is -0.396 e. The fourth-order valence-corrected chi connectivity index (χ4v) is 3.91. The molecule has 1 aromatic heterocycles. The SMILES string of the molecule is OCCSc1nnc(Cc2ccccc2)n1C1CCCCC1. The molecule has 0 saturated heterocycles. The van der Waals surface area contributed by atoms with Gasteiger partial charge in [-0.3, -0.25) is 0 Å². The van der Waals surface area contributed by atoms with Crippen molar-refractivity contribution in [3.05, 3.63) is 41.7 Å². The van der Waals surface area contributed by atoms with E-state index >= 15 is 0 Å². The van der Waals surface area contributed by atoms with Crippen LogP contribution < -0.4 is 0 Å². The lowest BCUT2D eigenvalue weighted by Crippen LogP contribution is -2.17. The lowest BCUT2D eigenvalue weighted by Gasteiger charge is -2.25. The van der Waals surface area contributed by atoms with Gasteiger partial charge in [0.15, 0.2) is 5.16 Å². The second kappa shape index (κ2) is 7.79. The predicted octanol–water partition coefficient (Wildman–Crippen LogP) is 3.46. The van der Waals surface area contributed by atoms with Crippen LogP contribution in [0.2, 0.25) is 0 Å². The van der Waals surface area contributed by atoms with E-state index in [-0.39, 0.29) is 6.61 Å². The minimum atomic E-state index is 0.177. The number of benzene rings is 1. The first-order valence-corrected chi connectivity index (χ1v) is 9.08. The first kappa shape index (κ1) is 15.6. The van der Waals surface area contributed by atoms with E-state index in [1.807, 2.05) is 6.07 Å². The Hall–Kier alpha value is -1.33. The van der Waals surface area contributed by atoms with Crippen LogP contribution in [-0.4, -0.2) is 32.2 Å². The maximum absolute atomic E-state index is 9.09.